The van der Waals surface area contributed by atoms with Crippen molar-refractivity contribution in [2.24, 2.45) is 4.99 Å². The van der Waals surface area contributed by atoms with Gasteiger partial charge in [0.15, 0.2) is 5.96 Å². The third-order valence-corrected chi connectivity index (χ3v) is 5.42. The molecular weight excluding hydrogens is 521 g/mol. The number of hydrogen-bond acceptors (Lipinski definition) is 5. The van der Waals surface area contributed by atoms with Crippen LogP contribution in [0.25, 0.3) is 22.0 Å². The molecule has 2 N–H and O–H groups in total. The Hall–Kier alpha value is -2.72. The number of rotatable bonds is 7. The van der Waals surface area contributed by atoms with E-state index in [4.69, 9.17) is 9.40 Å². The van der Waals surface area contributed by atoms with Gasteiger partial charge >= 0.3 is 0 Å². The fraction of sp³-hybridized carbons (Fsp3) is 0.174. The van der Waals surface area contributed by atoms with E-state index in [0.717, 1.165) is 46.4 Å². The van der Waals surface area contributed by atoms with Gasteiger partial charge in [0.25, 0.3) is 0 Å². The molecule has 0 unspecified atom stereocenters. The number of aromatic nitrogens is 2. The van der Waals surface area contributed by atoms with E-state index in [0.29, 0.717) is 12.4 Å². The molecule has 0 saturated carbocycles. The summed E-state index contributed by atoms with van der Waals surface area (Å²) in [5, 5.41) is 9.75. The molecule has 0 amide bonds. The van der Waals surface area contributed by atoms with Crippen molar-refractivity contribution in [2.45, 2.75) is 13.0 Å². The number of oxazole rings is 1. The molecule has 0 fully saturated rings. The van der Waals surface area contributed by atoms with Crippen molar-refractivity contribution in [3.63, 3.8) is 0 Å². The summed E-state index contributed by atoms with van der Waals surface area (Å²) in [6.07, 6.45) is 2.50. The molecule has 160 valence electrons. The molecular formula is C23H24IN5OS. The van der Waals surface area contributed by atoms with E-state index in [1.807, 2.05) is 48.5 Å². The van der Waals surface area contributed by atoms with Crippen LogP contribution in [0.5, 0.6) is 0 Å². The molecule has 31 heavy (non-hydrogen) atoms. The molecule has 4 aromatic rings. The lowest BCUT2D eigenvalue weighted by atomic mass is 10.2. The van der Waals surface area contributed by atoms with Crippen molar-refractivity contribution in [2.75, 3.05) is 13.6 Å². The van der Waals surface area contributed by atoms with Gasteiger partial charge < -0.3 is 15.1 Å². The molecule has 2 aromatic heterocycles. The Morgan fingerprint density at radius 3 is 2.35 bits per heavy atom. The minimum Gasteiger partial charge on any atom is -0.444 e. The molecule has 2 heterocycles. The van der Waals surface area contributed by atoms with Crippen molar-refractivity contribution in [1.82, 2.24) is 20.6 Å². The van der Waals surface area contributed by atoms with Gasteiger partial charge in [-0.3, -0.25) is 4.99 Å². The summed E-state index contributed by atoms with van der Waals surface area (Å²) in [4.78, 5) is 13.5. The summed E-state index contributed by atoms with van der Waals surface area (Å²) in [5.74, 6) is 1.34. The van der Waals surface area contributed by atoms with Crippen LogP contribution >= 0.6 is 35.3 Å². The minimum atomic E-state index is 0. The molecule has 0 spiro atoms. The number of nitrogens with zero attached hydrogens (tertiary/aromatic N) is 3. The maximum Gasteiger partial charge on any atom is 0.226 e. The van der Waals surface area contributed by atoms with E-state index in [2.05, 4.69) is 38.1 Å². The Morgan fingerprint density at radius 2 is 1.65 bits per heavy atom. The van der Waals surface area contributed by atoms with Gasteiger partial charge in [0.2, 0.25) is 5.89 Å². The van der Waals surface area contributed by atoms with Gasteiger partial charge in [-0.25, -0.2) is 9.97 Å². The van der Waals surface area contributed by atoms with Gasteiger partial charge in [-0.15, -0.1) is 35.3 Å². The van der Waals surface area contributed by atoms with Crippen molar-refractivity contribution in [1.29, 1.82) is 0 Å². The van der Waals surface area contributed by atoms with Gasteiger partial charge in [-0.05, 0) is 12.1 Å². The Kier molecular flexibility index (Phi) is 8.60. The van der Waals surface area contributed by atoms with Gasteiger partial charge in [-0.2, -0.15) is 0 Å². The molecule has 0 aliphatic heterocycles. The SMILES string of the molecule is CN=C(NCCc1csc(-c2ccccc2)n1)NCc1coc(-c2ccccc2)n1.I. The minimum absolute atomic E-state index is 0. The van der Waals surface area contributed by atoms with Gasteiger partial charge in [-0.1, -0.05) is 48.5 Å². The third-order valence-electron chi connectivity index (χ3n) is 4.48. The Morgan fingerprint density at radius 1 is 0.935 bits per heavy atom. The molecule has 0 aliphatic carbocycles. The summed E-state index contributed by atoms with van der Waals surface area (Å²) in [5.41, 5.74) is 4.01. The zero-order valence-corrected chi connectivity index (χ0v) is 20.3. The number of hydrogen-bond donors (Lipinski definition) is 2. The number of nitrogens with one attached hydrogen (secondary N) is 2. The number of halogens is 1. The Balaban J connectivity index is 0.00000272. The second-order valence-corrected chi connectivity index (χ2v) is 7.48. The van der Waals surface area contributed by atoms with E-state index in [1.54, 1.807) is 24.6 Å². The first-order chi connectivity index (χ1) is 14.8. The second kappa shape index (κ2) is 11.6. The van der Waals surface area contributed by atoms with Crippen molar-refractivity contribution in [3.8, 4) is 22.0 Å². The lowest BCUT2D eigenvalue weighted by Crippen LogP contribution is -2.37. The van der Waals surface area contributed by atoms with E-state index >= 15 is 0 Å². The highest BCUT2D eigenvalue weighted by molar-refractivity contribution is 14.0. The molecule has 2 aromatic carbocycles. The predicted octanol–water partition coefficient (Wildman–Crippen LogP) is 4.99. The largest absolute Gasteiger partial charge is 0.444 e. The number of benzene rings is 2. The zero-order valence-electron chi connectivity index (χ0n) is 17.1. The van der Waals surface area contributed by atoms with Crippen LogP contribution in [0.15, 0.2) is 81.7 Å². The molecule has 0 bridgehead atoms. The Bertz CT molecular complexity index is 1100. The quantitative estimate of drug-likeness (QED) is 0.195. The van der Waals surface area contributed by atoms with Gasteiger partial charge in [0.1, 0.15) is 11.3 Å². The number of thiazole rings is 1. The normalized spacial score (nSPS) is 11.1. The van der Waals surface area contributed by atoms with Crippen LogP contribution in [0.3, 0.4) is 0 Å². The summed E-state index contributed by atoms with van der Waals surface area (Å²) < 4.78 is 5.58. The van der Waals surface area contributed by atoms with Gasteiger partial charge in [0, 0.05) is 36.5 Å². The average molecular weight is 545 g/mol. The molecule has 0 radical (unpaired) electrons. The fourth-order valence-electron chi connectivity index (χ4n) is 2.94. The summed E-state index contributed by atoms with van der Waals surface area (Å²) in [6, 6.07) is 20.1. The van der Waals surface area contributed by atoms with E-state index in [-0.39, 0.29) is 24.0 Å². The molecule has 0 atom stereocenters. The van der Waals surface area contributed by atoms with E-state index in [9.17, 15) is 0 Å². The van der Waals surface area contributed by atoms with Crippen LogP contribution in [-0.2, 0) is 13.0 Å². The van der Waals surface area contributed by atoms with Crippen LogP contribution < -0.4 is 10.6 Å². The van der Waals surface area contributed by atoms with Crippen LogP contribution in [0.2, 0.25) is 0 Å². The van der Waals surface area contributed by atoms with Crippen molar-refractivity contribution >= 4 is 41.3 Å². The molecule has 0 saturated heterocycles. The fourth-order valence-corrected chi connectivity index (χ4v) is 3.80. The van der Waals surface area contributed by atoms with E-state index < -0.39 is 0 Å². The smallest absolute Gasteiger partial charge is 0.226 e. The first kappa shape index (κ1) is 23.0. The first-order valence-corrected chi connectivity index (χ1v) is 10.6. The van der Waals surface area contributed by atoms with Crippen molar-refractivity contribution in [3.05, 3.63) is 83.7 Å². The van der Waals surface area contributed by atoms with E-state index in [1.165, 1.54) is 0 Å². The predicted molar refractivity (Wildman–Crippen MR) is 137 cm³/mol. The van der Waals surface area contributed by atoms with Crippen LogP contribution in [0, 0.1) is 0 Å². The van der Waals surface area contributed by atoms with Crippen LogP contribution in [0.1, 0.15) is 11.4 Å². The average Bonchev–Trinajstić information content (AvgIpc) is 3.47. The third kappa shape index (κ3) is 6.38. The topological polar surface area (TPSA) is 75.3 Å². The highest BCUT2D eigenvalue weighted by Crippen LogP contribution is 2.23. The lowest BCUT2D eigenvalue weighted by molar-refractivity contribution is 0.572. The molecule has 8 heteroatoms. The molecule has 4 rings (SSSR count). The summed E-state index contributed by atoms with van der Waals surface area (Å²) in [6.45, 7) is 1.27. The second-order valence-electron chi connectivity index (χ2n) is 6.62. The maximum absolute atomic E-state index is 5.58. The summed E-state index contributed by atoms with van der Waals surface area (Å²) >= 11 is 1.67. The molecule has 6 nitrogen and oxygen atoms in total. The molecule has 0 aliphatic rings. The highest BCUT2D eigenvalue weighted by atomic mass is 127. The number of guanidine groups is 1. The maximum atomic E-state index is 5.58. The first-order valence-electron chi connectivity index (χ1n) is 9.76. The zero-order chi connectivity index (χ0) is 20.6. The lowest BCUT2D eigenvalue weighted by Gasteiger charge is -2.10. The van der Waals surface area contributed by atoms with Crippen LogP contribution in [0.4, 0.5) is 0 Å². The van der Waals surface area contributed by atoms with Crippen molar-refractivity contribution < 1.29 is 4.42 Å². The van der Waals surface area contributed by atoms with Gasteiger partial charge in [0.05, 0.1) is 17.9 Å². The monoisotopic (exact) mass is 545 g/mol. The summed E-state index contributed by atoms with van der Waals surface area (Å²) in [7, 11) is 1.75. The Labute approximate surface area is 202 Å². The standard InChI is InChI=1S/C23H23N5OS.HI/c1-24-23(26-14-20-15-29-21(27-20)17-8-4-2-5-9-17)25-13-12-19-16-30-22(28-19)18-10-6-3-7-11-18;/h2-11,15-16H,12-14H2,1H3,(H2,24,25,26);1H. The number of aliphatic imine (C=N–C) groups is 1. The van der Waals surface area contributed by atoms with Crippen LogP contribution in [-0.4, -0.2) is 29.5 Å². The highest BCUT2D eigenvalue weighted by Gasteiger charge is 2.08.